The Bertz CT molecular complexity index is 242. The van der Waals surface area contributed by atoms with Crippen molar-refractivity contribution in [2.75, 3.05) is 17.6 Å². The van der Waals surface area contributed by atoms with Crippen LogP contribution in [0.25, 0.3) is 0 Å². The molecule has 0 aliphatic carbocycles. The topological polar surface area (TPSA) is 63.8 Å². The predicted molar refractivity (Wildman–Crippen MR) is 49.7 cm³/mol. The lowest BCUT2D eigenvalue weighted by atomic mass is 10.4. The number of nitrogens with zero attached hydrogens (tertiary/aromatic N) is 2. The molecule has 0 fully saturated rings. The molecule has 0 amide bonds. The molecule has 0 unspecified atom stereocenters. The molecule has 1 aromatic rings. The van der Waals surface area contributed by atoms with E-state index in [0.717, 1.165) is 18.8 Å². The van der Waals surface area contributed by atoms with Gasteiger partial charge in [0.2, 0.25) is 0 Å². The normalized spacial score (nSPS) is 9.33. The molecule has 0 aliphatic heterocycles. The summed E-state index contributed by atoms with van der Waals surface area (Å²) in [6, 6.07) is 3.51. The maximum absolute atomic E-state index is 5.36. The van der Waals surface area contributed by atoms with E-state index in [1.807, 2.05) is 6.08 Å². The van der Waals surface area contributed by atoms with E-state index < -0.39 is 0 Å². The molecule has 0 atom stereocenters. The van der Waals surface area contributed by atoms with Crippen molar-refractivity contribution in [2.45, 2.75) is 6.42 Å². The van der Waals surface area contributed by atoms with Crippen LogP contribution < -0.4 is 11.1 Å². The largest absolute Gasteiger partial charge is 0.382 e. The minimum Gasteiger partial charge on any atom is -0.382 e. The van der Waals surface area contributed by atoms with Gasteiger partial charge in [0.1, 0.15) is 11.6 Å². The molecule has 0 radical (unpaired) electrons. The van der Waals surface area contributed by atoms with Crippen LogP contribution in [-0.4, -0.2) is 16.7 Å². The summed E-state index contributed by atoms with van der Waals surface area (Å²) in [5.74, 6) is 1.18. The van der Waals surface area contributed by atoms with Gasteiger partial charge in [-0.1, -0.05) is 6.08 Å². The van der Waals surface area contributed by atoms with Gasteiger partial charge in [-0.25, -0.2) is 0 Å². The van der Waals surface area contributed by atoms with E-state index in [0.29, 0.717) is 5.82 Å². The SMILES string of the molecule is C=CCCNc1ccc(N)nn1. The van der Waals surface area contributed by atoms with Crippen LogP contribution in [0.3, 0.4) is 0 Å². The molecule has 12 heavy (non-hydrogen) atoms. The maximum Gasteiger partial charge on any atom is 0.148 e. The summed E-state index contributed by atoms with van der Waals surface area (Å²) in [5, 5.41) is 10.6. The predicted octanol–water partition coefficient (Wildman–Crippen LogP) is 1.05. The second-order valence-corrected chi connectivity index (χ2v) is 2.35. The van der Waals surface area contributed by atoms with Crippen molar-refractivity contribution in [3.63, 3.8) is 0 Å². The highest BCUT2D eigenvalue weighted by Gasteiger charge is 1.91. The summed E-state index contributed by atoms with van der Waals surface area (Å²) < 4.78 is 0. The van der Waals surface area contributed by atoms with Crippen LogP contribution in [0.4, 0.5) is 11.6 Å². The summed E-state index contributed by atoms with van der Waals surface area (Å²) >= 11 is 0. The Hall–Kier alpha value is -1.58. The van der Waals surface area contributed by atoms with Crippen molar-refractivity contribution < 1.29 is 0 Å². The van der Waals surface area contributed by atoms with Gasteiger partial charge in [0.15, 0.2) is 0 Å². The van der Waals surface area contributed by atoms with Crippen molar-refractivity contribution in [2.24, 2.45) is 0 Å². The van der Waals surface area contributed by atoms with Gasteiger partial charge in [-0.15, -0.1) is 16.8 Å². The molecule has 0 spiro atoms. The molecule has 64 valence electrons. The lowest BCUT2D eigenvalue weighted by molar-refractivity contribution is 0.992. The molecule has 0 aliphatic rings. The molecule has 0 saturated carbocycles. The van der Waals surface area contributed by atoms with E-state index in [1.54, 1.807) is 12.1 Å². The lowest BCUT2D eigenvalue weighted by Gasteiger charge is -2.01. The minimum absolute atomic E-state index is 0.435. The third kappa shape index (κ3) is 2.57. The molecule has 1 rings (SSSR count). The van der Waals surface area contributed by atoms with Gasteiger partial charge in [0, 0.05) is 6.54 Å². The second kappa shape index (κ2) is 4.33. The Balaban J connectivity index is 2.42. The Morgan fingerprint density at radius 1 is 1.50 bits per heavy atom. The fourth-order valence-electron chi connectivity index (χ4n) is 0.739. The van der Waals surface area contributed by atoms with E-state index in [2.05, 4.69) is 22.1 Å². The van der Waals surface area contributed by atoms with Crippen LogP contribution in [0, 0.1) is 0 Å². The number of rotatable bonds is 4. The second-order valence-electron chi connectivity index (χ2n) is 2.35. The van der Waals surface area contributed by atoms with Crippen molar-refractivity contribution in [3.8, 4) is 0 Å². The maximum atomic E-state index is 5.36. The van der Waals surface area contributed by atoms with Crippen molar-refractivity contribution in [3.05, 3.63) is 24.8 Å². The third-order valence-electron chi connectivity index (χ3n) is 1.34. The van der Waals surface area contributed by atoms with Gasteiger partial charge in [-0.3, -0.25) is 0 Å². The molecular weight excluding hydrogens is 152 g/mol. The number of nitrogen functional groups attached to an aromatic ring is 1. The first-order valence-electron chi connectivity index (χ1n) is 3.77. The summed E-state index contributed by atoms with van der Waals surface area (Å²) in [7, 11) is 0. The van der Waals surface area contributed by atoms with E-state index >= 15 is 0 Å². The molecule has 0 bridgehead atoms. The Morgan fingerprint density at radius 2 is 2.33 bits per heavy atom. The number of aromatic nitrogens is 2. The van der Waals surface area contributed by atoms with Gasteiger partial charge >= 0.3 is 0 Å². The molecule has 1 aromatic heterocycles. The van der Waals surface area contributed by atoms with Crippen molar-refractivity contribution in [1.29, 1.82) is 0 Å². The molecule has 1 heterocycles. The Kier molecular flexibility index (Phi) is 3.07. The summed E-state index contributed by atoms with van der Waals surface area (Å²) in [5.41, 5.74) is 5.36. The Labute approximate surface area is 71.5 Å². The quantitative estimate of drug-likeness (QED) is 0.515. The third-order valence-corrected chi connectivity index (χ3v) is 1.34. The van der Waals surface area contributed by atoms with Gasteiger partial charge in [-0.05, 0) is 18.6 Å². The first-order chi connectivity index (χ1) is 5.83. The lowest BCUT2D eigenvalue weighted by Crippen LogP contribution is -2.03. The summed E-state index contributed by atoms with van der Waals surface area (Å²) in [6.45, 7) is 4.43. The van der Waals surface area contributed by atoms with Crippen molar-refractivity contribution in [1.82, 2.24) is 10.2 Å². The zero-order chi connectivity index (χ0) is 8.81. The zero-order valence-corrected chi connectivity index (χ0v) is 6.83. The average molecular weight is 164 g/mol. The standard InChI is InChI=1S/C8H12N4/c1-2-3-6-10-8-5-4-7(9)11-12-8/h2,4-5H,1,3,6H2,(H2,9,11)(H,10,12). The molecular formula is C8H12N4. The van der Waals surface area contributed by atoms with Gasteiger partial charge < -0.3 is 11.1 Å². The zero-order valence-electron chi connectivity index (χ0n) is 6.83. The number of hydrogen-bond donors (Lipinski definition) is 2. The van der Waals surface area contributed by atoms with Crippen molar-refractivity contribution >= 4 is 11.6 Å². The number of anilines is 2. The first-order valence-corrected chi connectivity index (χ1v) is 3.77. The fraction of sp³-hybridized carbons (Fsp3) is 0.250. The highest BCUT2D eigenvalue weighted by molar-refractivity contribution is 5.38. The number of nitrogens with two attached hydrogens (primary N) is 1. The smallest absolute Gasteiger partial charge is 0.148 e. The molecule has 3 N–H and O–H groups in total. The summed E-state index contributed by atoms with van der Waals surface area (Å²) in [6.07, 6.45) is 2.75. The molecule has 4 nitrogen and oxygen atoms in total. The molecule has 0 saturated heterocycles. The monoisotopic (exact) mass is 164 g/mol. The average Bonchev–Trinajstić information content (AvgIpc) is 2.09. The fourth-order valence-corrected chi connectivity index (χ4v) is 0.739. The van der Waals surface area contributed by atoms with E-state index in [-0.39, 0.29) is 0 Å². The van der Waals surface area contributed by atoms with Crippen LogP contribution >= 0.6 is 0 Å². The van der Waals surface area contributed by atoms with Crippen LogP contribution in [0.2, 0.25) is 0 Å². The number of hydrogen-bond acceptors (Lipinski definition) is 4. The van der Waals surface area contributed by atoms with Crippen LogP contribution in [-0.2, 0) is 0 Å². The Morgan fingerprint density at radius 3 is 2.92 bits per heavy atom. The van der Waals surface area contributed by atoms with Crippen LogP contribution in [0.1, 0.15) is 6.42 Å². The highest BCUT2D eigenvalue weighted by Crippen LogP contribution is 2.01. The first kappa shape index (κ1) is 8.52. The highest BCUT2D eigenvalue weighted by atomic mass is 15.2. The van der Waals surface area contributed by atoms with Gasteiger partial charge in [0.05, 0.1) is 0 Å². The molecule has 4 heteroatoms. The summed E-state index contributed by atoms with van der Waals surface area (Å²) in [4.78, 5) is 0. The minimum atomic E-state index is 0.435. The number of nitrogens with one attached hydrogen (secondary N) is 1. The molecule has 0 aromatic carbocycles. The van der Waals surface area contributed by atoms with Crippen LogP contribution in [0.15, 0.2) is 24.8 Å². The van der Waals surface area contributed by atoms with E-state index in [1.165, 1.54) is 0 Å². The van der Waals surface area contributed by atoms with Gasteiger partial charge in [0.25, 0.3) is 0 Å². The van der Waals surface area contributed by atoms with Gasteiger partial charge in [-0.2, -0.15) is 0 Å². The van der Waals surface area contributed by atoms with E-state index in [9.17, 15) is 0 Å². The van der Waals surface area contributed by atoms with E-state index in [4.69, 9.17) is 5.73 Å². The van der Waals surface area contributed by atoms with Crippen LogP contribution in [0.5, 0.6) is 0 Å².